The van der Waals surface area contributed by atoms with Crippen LogP contribution in [0.3, 0.4) is 0 Å². The van der Waals surface area contributed by atoms with Crippen LogP contribution in [0.2, 0.25) is 5.02 Å². The Morgan fingerprint density at radius 2 is 1.59 bits per heavy atom. The molecular formula is C24H16ClNO2S. The molecule has 3 aromatic rings. The molecule has 2 aliphatic heterocycles. The van der Waals surface area contributed by atoms with Gasteiger partial charge < -0.3 is 4.90 Å². The number of hydrogen-bond donors (Lipinski definition) is 0. The van der Waals surface area contributed by atoms with E-state index in [1.54, 1.807) is 12.1 Å². The first-order valence-corrected chi connectivity index (χ1v) is 10.5. The number of amides is 1. The van der Waals surface area contributed by atoms with E-state index in [1.807, 2.05) is 71.6 Å². The van der Waals surface area contributed by atoms with Gasteiger partial charge in [-0.2, -0.15) is 0 Å². The molecule has 142 valence electrons. The molecule has 1 amide bonds. The Bertz CT molecular complexity index is 1170. The normalized spacial score (nSPS) is 19.4. The highest BCUT2D eigenvalue weighted by atomic mass is 35.5. The minimum absolute atomic E-state index is 0.00750. The fourth-order valence-corrected chi connectivity index (χ4v) is 5.22. The van der Waals surface area contributed by atoms with Crippen molar-refractivity contribution in [3.63, 3.8) is 0 Å². The molecule has 0 saturated carbocycles. The molecule has 1 atom stereocenters. The lowest BCUT2D eigenvalue weighted by Gasteiger charge is -2.29. The topological polar surface area (TPSA) is 37.4 Å². The summed E-state index contributed by atoms with van der Waals surface area (Å²) >= 11 is 7.44. The van der Waals surface area contributed by atoms with Crippen LogP contribution < -0.4 is 0 Å². The predicted molar refractivity (Wildman–Crippen MR) is 117 cm³/mol. The molecule has 0 bridgehead atoms. The molecule has 0 N–H and O–H groups in total. The van der Waals surface area contributed by atoms with Crippen LogP contribution in [0.1, 0.15) is 42.8 Å². The molecule has 5 heteroatoms. The third-order valence-corrected chi connectivity index (χ3v) is 6.77. The lowest BCUT2D eigenvalue weighted by molar-refractivity contribution is 0.0758. The van der Waals surface area contributed by atoms with Gasteiger partial charge in [0.05, 0.1) is 4.91 Å². The number of benzene rings is 3. The SMILES string of the molecule is O=C1/C(=C/c2ccc(Cl)cc2)S[C@H]2c3ccccc3C(=O)N2Cc2ccccc21. The van der Waals surface area contributed by atoms with Crippen LogP contribution >= 0.6 is 23.4 Å². The monoisotopic (exact) mass is 417 g/mol. The molecule has 0 unspecified atom stereocenters. The number of nitrogens with zero attached hydrogens (tertiary/aromatic N) is 1. The maximum Gasteiger partial charge on any atom is 0.255 e. The van der Waals surface area contributed by atoms with E-state index in [0.717, 1.165) is 16.7 Å². The van der Waals surface area contributed by atoms with E-state index in [2.05, 4.69) is 0 Å². The number of carbonyl (C=O) groups excluding carboxylic acids is 2. The van der Waals surface area contributed by atoms with Crippen molar-refractivity contribution in [3.8, 4) is 0 Å². The zero-order valence-electron chi connectivity index (χ0n) is 15.3. The second kappa shape index (κ2) is 7.21. The number of fused-ring (bicyclic) bond motifs is 4. The lowest BCUT2D eigenvalue weighted by atomic mass is 10.0. The van der Waals surface area contributed by atoms with Gasteiger partial charge in [-0.25, -0.2) is 0 Å². The molecule has 0 aromatic heterocycles. The molecule has 2 aliphatic rings. The summed E-state index contributed by atoms with van der Waals surface area (Å²) in [5, 5.41) is 0.421. The van der Waals surface area contributed by atoms with Crippen LogP contribution in [0.5, 0.6) is 0 Å². The standard InChI is InChI=1S/C24H16ClNO2S/c25-17-11-9-15(10-12-17)13-21-22(27)18-6-2-1-5-16(18)14-26-23(28)19-7-3-4-8-20(19)24(26)29-21/h1-13,24H,14H2/b21-13-/t24-/m0/s1. The van der Waals surface area contributed by atoms with Crippen molar-refractivity contribution in [3.05, 3.63) is 111 Å². The van der Waals surface area contributed by atoms with Gasteiger partial charge in [0.15, 0.2) is 5.78 Å². The smallest absolute Gasteiger partial charge is 0.255 e. The molecule has 2 heterocycles. The molecule has 0 fully saturated rings. The number of thioether (sulfide) groups is 1. The van der Waals surface area contributed by atoms with Gasteiger partial charge in [0.25, 0.3) is 5.91 Å². The number of ketones is 1. The first-order chi connectivity index (χ1) is 14.1. The summed E-state index contributed by atoms with van der Waals surface area (Å²) in [6, 6.07) is 22.6. The number of halogens is 1. The highest BCUT2D eigenvalue weighted by Gasteiger charge is 2.40. The Morgan fingerprint density at radius 1 is 0.897 bits per heavy atom. The molecule has 5 rings (SSSR count). The first-order valence-electron chi connectivity index (χ1n) is 9.28. The predicted octanol–water partition coefficient (Wildman–Crippen LogP) is 5.97. The third-order valence-electron chi connectivity index (χ3n) is 5.23. The van der Waals surface area contributed by atoms with Crippen molar-refractivity contribution in [1.29, 1.82) is 0 Å². The van der Waals surface area contributed by atoms with Gasteiger partial charge in [-0.1, -0.05) is 78.0 Å². The van der Waals surface area contributed by atoms with Crippen LogP contribution in [0.25, 0.3) is 6.08 Å². The molecule has 0 saturated heterocycles. The van der Waals surface area contributed by atoms with Crippen molar-refractivity contribution in [2.75, 3.05) is 0 Å². The number of Topliss-reactive ketones (excluding diaryl/α,β-unsaturated/α-hetero) is 1. The fourth-order valence-electron chi connectivity index (χ4n) is 3.80. The van der Waals surface area contributed by atoms with Crippen molar-refractivity contribution in [2.45, 2.75) is 11.9 Å². The van der Waals surface area contributed by atoms with E-state index >= 15 is 0 Å². The Labute approximate surface area is 178 Å². The molecule has 0 aliphatic carbocycles. The zero-order chi connectivity index (χ0) is 20.0. The maximum absolute atomic E-state index is 13.4. The molecule has 0 radical (unpaired) electrons. The highest BCUT2D eigenvalue weighted by Crippen LogP contribution is 2.48. The first kappa shape index (κ1) is 18.2. The van der Waals surface area contributed by atoms with E-state index in [9.17, 15) is 9.59 Å². The van der Waals surface area contributed by atoms with Crippen molar-refractivity contribution >= 4 is 41.1 Å². The number of hydrogen-bond acceptors (Lipinski definition) is 3. The second-order valence-electron chi connectivity index (χ2n) is 7.04. The van der Waals surface area contributed by atoms with Gasteiger partial charge >= 0.3 is 0 Å². The average Bonchev–Trinajstić information content (AvgIpc) is 2.99. The Morgan fingerprint density at radius 3 is 2.38 bits per heavy atom. The van der Waals surface area contributed by atoms with Gasteiger partial charge in [0.1, 0.15) is 5.37 Å². The maximum atomic E-state index is 13.4. The van der Waals surface area contributed by atoms with Gasteiger partial charge in [-0.15, -0.1) is 0 Å². The summed E-state index contributed by atoms with van der Waals surface area (Å²) < 4.78 is 0. The van der Waals surface area contributed by atoms with Crippen molar-refractivity contribution < 1.29 is 9.59 Å². The molecular weight excluding hydrogens is 402 g/mol. The summed E-state index contributed by atoms with van der Waals surface area (Å²) in [4.78, 5) is 29.0. The van der Waals surface area contributed by atoms with E-state index in [1.165, 1.54) is 11.8 Å². The van der Waals surface area contributed by atoms with Crippen molar-refractivity contribution in [2.24, 2.45) is 0 Å². The van der Waals surface area contributed by atoms with E-state index in [4.69, 9.17) is 11.6 Å². The van der Waals surface area contributed by atoms with Crippen molar-refractivity contribution in [1.82, 2.24) is 4.90 Å². The Kier molecular flexibility index (Phi) is 4.53. The van der Waals surface area contributed by atoms with Gasteiger partial charge in [-0.3, -0.25) is 9.59 Å². The average molecular weight is 418 g/mol. The van der Waals surface area contributed by atoms with Crippen LogP contribution in [0.4, 0.5) is 0 Å². The summed E-state index contributed by atoms with van der Waals surface area (Å²) in [6.45, 7) is 0.418. The zero-order valence-corrected chi connectivity index (χ0v) is 16.9. The number of allylic oxidation sites excluding steroid dienone is 1. The van der Waals surface area contributed by atoms with Crippen LogP contribution in [0.15, 0.2) is 77.7 Å². The summed E-state index contributed by atoms with van der Waals surface area (Å²) in [7, 11) is 0. The number of rotatable bonds is 1. The van der Waals surface area contributed by atoms with E-state index in [0.29, 0.717) is 27.6 Å². The fraction of sp³-hybridized carbons (Fsp3) is 0.0833. The van der Waals surface area contributed by atoms with Gasteiger partial charge in [0, 0.05) is 22.7 Å². The number of carbonyl (C=O) groups is 2. The minimum Gasteiger partial charge on any atom is -0.318 e. The van der Waals surface area contributed by atoms with E-state index < -0.39 is 0 Å². The Hall–Kier alpha value is -2.82. The second-order valence-corrected chi connectivity index (χ2v) is 8.60. The highest BCUT2D eigenvalue weighted by molar-refractivity contribution is 8.04. The van der Waals surface area contributed by atoms with Crippen LogP contribution in [0, 0.1) is 0 Å². The quantitative estimate of drug-likeness (QED) is 0.458. The van der Waals surface area contributed by atoms with E-state index in [-0.39, 0.29) is 17.1 Å². The summed E-state index contributed by atoms with van der Waals surface area (Å²) in [5.74, 6) is -0.00914. The molecule has 29 heavy (non-hydrogen) atoms. The van der Waals surface area contributed by atoms with Gasteiger partial charge in [-0.05, 0) is 41.0 Å². The Balaban J connectivity index is 1.67. The van der Waals surface area contributed by atoms with Gasteiger partial charge in [0.2, 0.25) is 0 Å². The summed E-state index contributed by atoms with van der Waals surface area (Å²) in [6.07, 6.45) is 1.88. The molecule has 3 nitrogen and oxygen atoms in total. The lowest BCUT2D eigenvalue weighted by Crippen LogP contribution is -2.29. The van der Waals surface area contributed by atoms with Crippen LogP contribution in [-0.2, 0) is 6.54 Å². The third kappa shape index (κ3) is 3.18. The molecule has 0 spiro atoms. The largest absolute Gasteiger partial charge is 0.318 e. The minimum atomic E-state index is -0.227. The summed E-state index contributed by atoms with van der Waals surface area (Å²) in [5.41, 5.74) is 4.07. The van der Waals surface area contributed by atoms with Crippen LogP contribution in [-0.4, -0.2) is 16.6 Å². The molecule has 3 aromatic carbocycles.